The van der Waals surface area contributed by atoms with Gasteiger partial charge in [0.1, 0.15) is 0 Å². The summed E-state index contributed by atoms with van der Waals surface area (Å²) in [6.45, 7) is 2.65. The molecule has 20 heavy (non-hydrogen) atoms. The Morgan fingerprint density at radius 1 is 1.45 bits per heavy atom. The van der Waals surface area contributed by atoms with Gasteiger partial charge in [-0.1, -0.05) is 23.4 Å². The molecule has 1 aromatic rings. The van der Waals surface area contributed by atoms with Crippen LogP contribution in [0.3, 0.4) is 0 Å². The highest BCUT2D eigenvalue weighted by Gasteiger charge is 2.11. The van der Waals surface area contributed by atoms with E-state index in [2.05, 4.69) is 16.6 Å². The van der Waals surface area contributed by atoms with E-state index in [-0.39, 0.29) is 18.9 Å². The Labute approximate surface area is 124 Å². The predicted molar refractivity (Wildman–Crippen MR) is 81.3 cm³/mol. The second kappa shape index (κ2) is 8.12. The Morgan fingerprint density at radius 2 is 2.20 bits per heavy atom. The standard InChI is InChI=1S/C13H17ClN2O3S/c1-2-19-8-9-20(17,18)16-12-5-6-13(14)11(10-12)4-3-7-15/h5-6,10,16H,2,7-9,15H2,1H3. The average Bonchev–Trinajstić information content (AvgIpc) is 2.39. The lowest BCUT2D eigenvalue weighted by Crippen LogP contribution is -2.20. The summed E-state index contributed by atoms with van der Waals surface area (Å²) >= 11 is 5.97. The molecular weight excluding hydrogens is 300 g/mol. The molecule has 0 spiro atoms. The Kier molecular flexibility index (Phi) is 6.82. The lowest BCUT2D eigenvalue weighted by atomic mass is 10.2. The number of ether oxygens (including phenoxy) is 1. The van der Waals surface area contributed by atoms with Crippen molar-refractivity contribution < 1.29 is 13.2 Å². The van der Waals surface area contributed by atoms with Crippen molar-refractivity contribution in [2.45, 2.75) is 6.92 Å². The maximum absolute atomic E-state index is 11.8. The van der Waals surface area contributed by atoms with Gasteiger partial charge in [0.15, 0.2) is 0 Å². The quantitative estimate of drug-likeness (QED) is 0.614. The molecule has 0 amide bonds. The number of rotatable bonds is 6. The maximum atomic E-state index is 11.8. The van der Waals surface area contributed by atoms with Crippen molar-refractivity contribution in [2.24, 2.45) is 5.73 Å². The van der Waals surface area contributed by atoms with Crippen LogP contribution in [0, 0.1) is 11.8 Å². The van der Waals surface area contributed by atoms with E-state index in [0.29, 0.717) is 22.9 Å². The molecule has 1 rings (SSSR count). The summed E-state index contributed by atoms with van der Waals surface area (Å²) in [6, 6.07) is 4.74. The van der Waals surface area contributed by atoms with E-state index in [9.17, 15) is 8.42 Å². The molecule has 7 heteroatoms. The molecule has 0 heterocycles. The second-order valence-corrected chi connectivity index (χ2v) is 6.07. The van der Waals surface area contributed by atoms with E-state index in [1.165, 1.54) is 0 Å². The van der Waals surface area contributed by atoms with Crippen LogP contribution in [0.25, 0.3) is 0 Å². The minimum Gasteiger partial charge on any atom is -0.381 e. The number of benzene rings is 1. The van der Waals surface area contributed by atoms with Gasteiger partial charge in [-0.15, -0.1) is 0 Å². The third kappa shape index (κ3) is 5.80. The Hall–Kier alpha value is -1.26. The first-order valence-electron chi connectivity index (χ1n) is 6.05. The highest BCUT2D eigenvalue weighted by atomic mass is 35.5. The van der Waals surface area contributed by atoms with Crippen LogP contribution in [0.1, 0.15) is 12.5 Å². The number of halogens is 1. The van der Waals surface area contributed by atoms with E-state index < -0.39 is 10.0 Å². The van der Waals surface area contributed by atoms with Gasteiger partial charge in [0.25, 0.3) is 0 Å². The van der Waals surface area contributed by atoms with Crippen LogP contribution in [0.5, 0.6) is 0 Å². The van der Waals surface area contributed by atoms with Crippen LogP contribution in [-0.4, -0.2) is 33.9 Å². The van der Waals surface area contributed by atoms with E-state index in [4.69, 9.17) is 22.1 Å². The molecular formula is C13H17ClN2O3S. The summed E-state index contributed by atoms with van der Waals surface area (Å²) in [4.78, 5) is 0. The third-order valence-electron chi connectivity index (χ3n) is 2.27. The monoisotopic (exact) mass is 316 g/mol. The summed E-state index contributed by atoms with van der Waals surface area (Å²) < 4.78 is 31.1. The molecule has 0 aliphatic carbocycles. The van der Waals surface area contributed by atoms with Gasteiger partial charge in [-0.3, -0.25) is 4.72 Å². The lowest BCUT2D eigenvalue weighted by Gasteiger charge is -2.09. The molecule has 1 aromatic carbocycles. The summed E-state index contributed by atoms with van der Waals surface area (Å²) in [6.07, 6.45) is 0. The Morgan fingerprint density at radius 3 is 2.85 bits per heavy atom. The summed E-state index contributed by atoms with van der Waals surface area (Å²) in [7, 11) is -3.45. The van der Waals surface area contributed by atoms with Crippen LogP contribution >= 0.6 is 11.6 Å². The number of nitrogens with one attached hydrogen (secondary N) is 1. The van der Waals surface area contributed by atoms with Crippen LogP contribution < -0.4 is 10.5 Å². The topological polar surface area (TPSA) is 81.4 Å². The minimum atomic E-state index is -3.45. The molecule has 0 saturated heterocycles. The van der Waals surface area contributed by atoms with Gasteiger partial charge < -0.3 is 10.5 Å². The first-order valence-corrected chi connectivity index (χ1v) is 8.08. The van der Waals surface area contributed by atoms with Crippen LogP contribution in [0.4, 0.5) is 5.69 Å². The van der Waals surface area contributed by atoms with Crippen molar-refractivity contribution >= 4 is 27.3 Å². The third-order valence-corrected chi connectivity index (χ3v) is 3.85. The van der Waals surface area contributed by atoms with Gasteiger partial charge in [0.2, 0.25) is 10.0 Å². The molecule has 0 aromatic heterocycles. The van der Waals surface area contributed by atoms with Gasteiger partial charge in [-0.05, 0) is 25.1 Å². The minimum absolute atomic E-state index is 0.104. The molecule has 110 valence electrons. The molecule has 0 bridgehead atoms. The lowest BCUT2D eigenvalue weighted by molar-refractivity contribution is 0.163. The molecule has 5 nitrogen and oxygen atoms in total. The smallest absolute Gasteiger partial charge is 0.235 e. The van der Waals surface area contributed by atoms with Crippen LogP contribution in [0.2, 0.25) is 5.02 Å². The highest BCUT2D eigenvalue weighted by Crippen LogP contribution is 2.20. The van der Waals surface area contributed by atoms with Crippen molar-refractivity contribution in [3.05, 3.63) is 28.8 Å². The van der Waals surface area contributed by atoms with Gasteiger partial charge in [0, 0.05) is 17.9 Å². The molecule has 0 atom stereocenters. The van der Waals surface area contributed by atoms with Crippen molar-refractivity contribution in [3.63, 3.8) is 0 Å². The van der Waals surface area contributed by atoms with Gasteiger partial charge in [0.05, 0.1) is 23.9 Å². The molecule has 3 N–H and O–H groups in total. The Balaban J connectivity index is 2.82. The number of hydrogen-bond donors (Lipinski definition) is 2. The van der Waals surface area contributed by atoms with Gasteiger partial charge in [-0.2, -0.15) is 0 Å². The average molecular weight is 317 g/mol. The van der Waals surface area contributed by atoms with Gasteiger partial charge in [-0.25, -0.2) is 8.42 Å². The fraction of sp³-hybridized carbons (Fsp3) is 0.385. The largest absolute Gasteiger partial charge is 0.381 e. The molecule has 0 aliphatic heterocycles. The summed E-state index contributed by atoms with van der Waals surface area (Å²) in [5, 5.41) is 0.447. The van der Waals surface area contributed by atoms with E-state index in [0.717, 1.165) is 0 Å². The molecule has 0 saturated carbocycles. The second-order valence-electron chi connectivity index (χ2n) is 3.82. The van der Waals surface area contributed by atoms with Crippen molar-refractivity contribution in [3.8, 4) is 11.8 Å². The van der Waals surface area contributed by atoms with Crippen LogP contribution in [0.15, 0.2) is 18.2 Å². The van der Waals surface area contributed by atoms with Crippen molar-refractivity contribution in [1.82, 2.24) is 0 Å². The van der Waals surface area contributed by atoms with Crippen LogP contribution in [-0.2, 0) is 14.8 Å². The highest BCUT2D eigenvalue weighted by molar-refractivity contribution is 7.92. The predicted octanol–water partition coefficient (Wildman–Crippen LogP) is 1.43. The Bertz CT molecular complexity index is 606. The van der Waals surface area contributed by atoms with Crippen molar-refractivity contribution in [2.75, 3.05) is 30.2 Å². The number of anilines is 1. The number of hydrogen-bond acceptors (Lipinski definition) is 4. The van der Waals surface area contributed by atoms with Crippen molar-refractivity contribution in [1.29, 1.82) is 0 Å². The molecule has 0 aliphatic rings. The fourth-order valence-corrected chi connectivity index (χ4v) is 2.46. The molecule has 0 fully saturated rings. The van der Waals surface area contributed by atoms with E-state index >= 15 is 0 Å². The number of sulfonamides is 1. The SMILES string of the molecule is CCOCCS(=O)(=O)Nc1ccc(Cl)c(C#CCN)c1. The molecule has 0 radical (unpaired) electrons. The summed E-state index contributed by atoms with van der Waals surface area (Å²) in [5.41, 5.74) is 6.23. The molecule has 0 unspecified atom stereocenters. The first kappa shape index (κ1) is 16.8. The van der Waals surface area contributed by atoms with E-state index in [1.54, 1.807) is 18.2 Å². The van der Waals surface area contributed by atoms with E-state index in [1.807, 2.05) is 6.92 Å². The fourth-order valence-electron chi connectivity index (χ4n) is 1.37. The zero-order valence-corrected chi connectivity index (χ0v) is 12.7. The summed E-state index contributed by atoms with van der Waals surface area (Å²) in [5.74, 6) is 5.35. The maximum Gasteiger partial charge on any atom is 0.235 e. The zero-order valence-electron chi connectivity index (χ0n) is 11.1. The zero-order chi connectivity index (χ0) is 15.0. The first-order chi connectivity index (χ1) is 9.48. The van der Waals surface area contributed by atoms with Gasteiger partial charge >= 0.3 is 0 Å². The normalized spacial score (nSPS) is 10.8. The number of nitrogens with two attached hydrogens (primary N) is 1.